The van der Waals surface area contributed by atoms with Gasteiger partial charge in [0.15, 0.2) is 0 Å². The number of aryl methyl sites for hydroxylation is 1. The lowest BCUT2D eigenvalue weighted by Crippen LogP contribution is -2.01. The van der Waals surface area contributed by atoms with Crippen LogP contribution in [0, 0.1) is 12.8 Å². The summed E-state index contributed by atoms with van der Waals surface area (Å²) in [6, 6.07) is 5.68. The topological polar surface area (TPSA) is 20.2 Å². The zero-order chi connectivity index (χ0) is 9.14. The Hall–Kier alpha value is -0.530. The van der Waals surface area contributed by atoms with Gasteiger partial charge in [0.05, 0.1) is 6.61 Å². The monoisotopic (exact) mass is 183 g/mol. The van der Waals surface area contributed by atoms with E-state index in [1.165, 1.54) is 0 Å². The van der Waals surface area contributed by atoms with Gasteiger partial charge in [-0.3, -0.25) is 0 Å². The Morgan fingerprint density at radius 2 is 2.17 bits per heavy atom. The molecule has 1 N–H and O–H groups in total. The average Bonchev–Trinajstić information content (AvgIpc) is 2.08. The van der Waals surface area contributed by atoms with Gasteiger partial charge in [-0.15, -0.1) is 0 Å². The van der Waals surface area contributed by atoms with E-state index in [1.54, 1.807) is 0 Å². The minimum atomic E-state index is 0.0845. The number of aliphatic hydroxyl groups is 1. The van der Waals surface area contributed by atoms with Crippen molar-refractivity contribution in [3.05, 3.63) is 40.3 Å². The van der Waals surface area contributed by atoms with Gasteiger partial charge in [-0.25, -0.2) is 0 Å². The highest BCUT2D eigenvalue weighted by Crippen LogP contribution is 2.21. The summed E-state index contributed by atoms with van der Waals surface area (Å²) < 4.78 is 0. The molecule has 0 aromatic heterocycles. The number of rotatable bonds is 2. The molecule has 1 rings (SSSR count). The molecule has 1 radical (unpaired) electrons. The zero-order valence-electron chi connectivity index (χ0n) is 7.26. The van der Waals surface area contributed by atoms with Gasteiger partial charge in [-0.2, -0.15) is 0 Å². The van der Waals surface area contributed by atoms with E-state index in [-0.39, 0.29) is 6.61 Å². The first kappa shape index (κ1) is 9.56. The van der Waals surface area contributed by atoms with Crippen LogP contribution in [0.15, 0.2) is 18.2 Å². The minimum Gasteiger partial charge on any atom is -0.395 e. The maximum absolute atomic E-state index is 8.92. The third-order valence-electron chi connectivity index (χ3n) is 1.90. The van der Waals surface area contributed by atoms with E-state index in [4.69, 9.17) is 16.7 Å². The fourth-order valence-electron chi connectivity index (χ4n) is 1.14. The number of hydrogen-bond donors (Lipinski definition) is 1. The summed E-state index contributed by atoms with van der Waals surface area (Å²) >= 11 is 5.82. The lowest BCUT2D eigenvalue weighted by atomic mass is 9.97. The molecule has 1 aromatic rings. The molecule has 0 atom stereocenters. The molecule has 0 heterocycles. The average molecular weight is 184 g/mol. The summed E-state index contributed by atoms with van der Waals surface area (Å²) in [4.78, 5) is 0. The van der Waals surface area contributed by atoms with E-state index < -0.39 is 0 Å². The second-order valence-electron chi connectivity index (χ2n) is 2.90. The van der Waals surface area contributed by atoms with Gasteiger partial charge in [0.25, 0.3) is 0 Å². The van der Waals surface area contributed by atoms with Crippen LogP contribution in [0.25, 0.3) is 0 Å². The fraction of sp³-hybridized carbons (Fsp3) is 0.300. The molecular formula is C10H12ClO. The fourth-order valence-corrected chi connectivity index (χ4v) is 1.31. The van der Waals surface area contributed by atoms with Crippen LogP contribution in [0.5, 0.6) is 0 Å². The van der Waals surface area contributed by atoms with Crippen molar-refractivity contribution >= 4 is 11.6 Å². The highest BCUT2D eigenvalue weighted by molar-refractivity contribution is 6.30. The normalized spacial score (nSPS) is 10.8. The van der Waals surface area contributed by atoms with Crippen molar-refractivity contribution in [3.63, 3.8) is 0 Å². The summed E-state index contributed by atoms with van der Waals surface area (Å²) in [5.74, 6) is 0.954. The van der Waals surface area contributed by atoms with Crippen molar-refractivity contribution in [2.24, 2.45) is 0 Å². The van der Waals surface area contributed by atoms with Gasteiger partial charge in [-0.1, -0.05) is 24.6 Å². The van der Waals surface area contributed by atoms with Crippen LogP contribution in [0.4, 0.5) is 0 Å². The number of hydrogen-bond acceptors (Lipinski definition) is 1. The predicted molar refractivity (Wildman–Crippen MR) is 51.3 cm³/mol. The van der Waals surface area contributed by atoms with E-state index in [0.29, 0.717) is 5.02 Å². The molecule has 0 aliphatic rings. The van der Waals surface area contributed by atoms with Crippen molar-refractivity contribution in [3.8, 4) is 0 Å². The highest BCUT2D eigenvalue weighted by Gasteiger charge is 2.07. The van der Waals surface area contributed by atoms with Crippen molar-refractivity contribution in [2.75, 3.05) is 6.61 Å². The van der Waals surface area contributed by atoms with Crippen molar-refractivity contribution < 1.29 is 5.11 Å². The van der Waals surface area contributed by atoms with Crippen LogP contribution in [-0.4, -0.2) is 11.7 Å². The molecule has 0 unspecified atom stereocenters. The van der Waals surface area contributed by atoms with Crippen LogP contribution in [0.3, 0.4) is 0 Å². The Morgan fingerprint density at radius 1 is 1.50 bits per heavy atom. The van der Waals surface area contributed by atoms with Crippen molar-refractivity contribution in [2.45, 2.75) is 13.8 Å². The Bertz CT molecular complexity index is 271. The van der Waals surface area contributed by atoms with Crippen LogP contribution in [-0.2, 0) is 0 Å². The molecule has 12 heavy (non-hydrogen) atoms. The van der Waals surface area contributed by atoms with E-state index in [0.717, 1.165) is 17.0 Å². The standard InChI is InChI=1S/C10H12ClO/c1-7-3-4-9(11)5-10(7)8(2)6-12/h3-5,12H,6H2,1-2H3. The molecule has 0 aliphatic heterocycles. The molecule has 0 bridgehead atoms. The van der Waals surface area contributed by atoms with Gasteiger partial charge in [0.2, 0.25) is 0 Å². The van der Waals surface area contributed by atoms with Crippen molar-refractivity contribution in [1.82, 2.24) is 0 Å². The van der Waals surface area contributed by atoms with Crippen LogP contribution in [0.2, 0.25) is 5.02 Å². The van der Waals surface area contributed by atoms with E-state index in [2.05, 4.69) is 0 Å². The molecule has 1 aromatic carbocycles. The Labute approximate surface area is 78.0 Å². The largest absolute Gasteiger partial charge is 0.395 e. The predicted octanol–water partition coefficient (Wildman–Crippen LogP) is 2.58. The molecule has 2 heteroatoms. The lowest BCUT2D eigenvalue weighted by Gasteiger charge is -2.10. The van der Waals surface area contributed by atoms with Gasteiger partial charge in [0, 0.05) is 10.9 Å². The first-order valence-corrected chi connectivity index (χ1v) is 4.22. The summed E-state index contributed by atoms with van der Waals surface area (Å²) in [7, 11) is 0. The first-order chi connectivity index (χ1) is 5.65. The minimum absolute atomic E-state index is 0.0845. The first-order valence-electron chi connectivity index (χ1n) is 3.85. The Morgan fingerprint density at radius 3 is 2.75 bits per heavy atom. The second kappa shape index (κ2) is 3.92. The molecule has 0 fully saturated rings. The summed E-state index contributed by atoms with van der Waals surface area (Å²) in [6.45, 7) is 3.99. The van der Waals surface area contributed by atoms with Crippen LogP contribution >= 0.6 is 11.6 Å². The van der Waals surface area contributed by atoms with Crippen LogP contribution < -0.4 is 0 Å². The van der Waals surface area contributed by atoms with E-state index >= 15 is 0 Å². The van der Waals surface area contributed by atoms with Crippen LogP contribution in [0.1, 0.15) is 18.1 Å². The third kappa shape index (κ3) is 1.99. The van der Waals surface area contributed by atoms with Gasteiger partial charge in [-0.05, 0) is 30.2 Å². The summed E-state index contributed by atoms with van der Waals surface area (Å²) in [5.41, 5.74) is 2.19. The van der Waals surface area contributed by atoms with Gasteiger partial charge in [0.1, 0.15) is 0 Å². The van der Waals surface area contributed by atoms with E-state index in [9.17, 15) is 0 Å². The zero-order valence-corrected chi connectivity index (χ0v) is 8.02. The molecule has 65 valence electrons. The number of benzene rings is 1. The molecule has 1 nitrogen and oxygen atoms in total. The summed E-state index contributed by atoms with van der Waals surface area (Å²) in [5, 5.41) is 9.63. The molecule has 0 spiro atoms. The molecular weight excluding hydrogens is 172 g/mol. The lowest BCUT2D eigenvalue weighted by molar-refractivity contribution is 0.314. The number of halogens is 1. The van der Waals surface area contributed by atoms with Crippen molar-refractivity contribution in [1.29, 1.82) is 0 Å². The van der Waals surface area contributed by atoms with E-state index in [1.807, 2.05) is 32.0 Å². The van der Waals surface area contributed by atoms with Gasteiger partial charge >= 0.3 is 0 Å². The number of aliphatic hydroxyl groups excluding tert-OH is 1. The SMILES string of the molecule is C[C](CO)c1cc(Cl)ccc1C. The Balaban J connectivity index is 3.04. The molecule has 0 saturated heterocycles. The van der Waals surface area contributed by atoms with Gasteiger partial charge < -0.3 is 5.11 Å². The maximum Gasteiger partial charge on any atom is 0.0534 e. The quantitative estimate of drug-likeness (QED) is 0.748. The summed E-state index contributed by atoms with van der Waals surface area (Å²) in [6.07, 6.45) is 0. The molecule has 0 saturated carbocycles. The third-order valence-corrected chi connectivity index (χ3v) is 2.13. The molecule has 0 aliphatic carbocycles. The Kier molecular flexibility index (Phi) is 3.12. The highest BCUT2D eigenvalue weighted by atomic mass is 35.5. The second-order valence-corrected chi connectivity index (χ2v) is 3.33. The maximum atomic E-state index is 8.92. The smallest absolute Gasteiger partial charge is 0.0534 e. The molecule has 0 amide bonds.